The van der Waals surface area contributed by atoms with E-state index in [9.17, 15) is 8.42 Å². The Kier molecular flexibility index (Phi) is 4.88. The number of pyridine rings is 1. The molecular weight excluding hydrogens is 340 g/mol. The minimum absolute atomic E-state index is 0.117. The molecule has 0 unspecified atom stereocenters. The highest BCUT2D eigenvalue weighted by molar-refractivity contribution is 7.88. The average Bonchev–Trinajstić information content (AvgIpc) is 2.93. The number of thiazole rings is 1. The number of rotatable bonds is 5. The predicted molar refractivity (Wildman–Crippen MR) is 90.8 cm³/mol. The molecule has 0 saturated carbocycles. The molecule has 0 bridgehead atoms. The van der Waals surface area contributed by atoms with Crippen molar-refractivity contribution in [3.05, 3.63) is 23.1 Å². The molecule has 0 aliphatic heterocycles. The molecule has 2 aromatic rings. The lowest BCUT2D eigenvalue weighted by Gasteiger charge is -2.03. The molecule has 0 fully saturated rings. The lowest BCUT2D eigenvalue weighted by molar-refractivity contribution is 0.590. The first-order valence-electron chi connectivity index (χ1n) is 6.11. The van der Waals surface area contributed by atoms with Gasteiger partial charge in [-0.15, -0.1) is 11.3 Å². The van der Waals surface area contributed by atoms with Crippen molar-refractivity contribution in [2.45, 2.75) is 0 Å². The Morgan fingerprint density at radius 2 is 2.09 bits per heavy atom. The van der Waals surface area contributed by atoms with Gasteiger partial charge in [-0.2, -0.15) is 22.5 Å². The Hall–Kier alpha value is -2.57. The van der Waals surface area contributed by atoms with Crippen LogP contribution in [0, 0.1) is 0 Å². The van der Waals surface area contributed by atoms with Crippen LogP contribution in [0.15, 0.2) is 26.9 Å². The molecule has 2 heterocycles. The summed E-state index contributed by atoms with van der Waals surface area (Å²) >= 11 is 1.20. The number of hydrogen-bond donors (Lipinski definition) is 4. The van der Waals surface area contributed by atoms with Gasteiger partial charge in [-0.05, 0) is 12.1 Å². The van der Waals surface area contributed by atoms with Crippen molar-refractivity contribution < 1.29 is 8.42 Å². The van der Waals surface area contributed by atoms with Gasteiger partial charge in [-0.1, -0.05) is 0 Å². The fraction of sp³-hybridized carbons (Fsp3) is 0.0909. The number of nitrogens with two attached hydrogens (primary N) is 3. The van der Waals surface area contributed by atoms with Crippen LogP contribution in [0.3, 0.4) is 0 Å². The summed E-state index contributed by atoms with van der Waals surface area (Å²) in [4.78, 5) is 12.2. The van der Waals surface area contributed by atoms with Crippen molar-refractivity contribution in [3.63, 3.8) is 0 Å². The summed E-state index contributed by atoms with van der Waals surface area (Å²) in [7, 11) is -2.49. The lowest BCUT2D eigenvalue weighted by Crippen LogP contribution is -2.21. The van der Waals surface area contributed by atoms with Crippen LogP contribution in [0.1, 0.15) is 5.56 Å². The fourth-order valence-corrected chi connectivity index (χ4v) is 2.56. The number of aromatic nitrogens is 2. The number of anilines is 1. The second-order valence-corrected chi connectivity index (χ2v) is 6.55. The van der Waals surface area contributed by atoms with E-state index >= 15 is 0 Å². The SMILES string of the molecule is CNS(=O)(=O)/N=C/c1ccc(N)nc1-c1csc(N=C(N)N)n1. The minimum Gasteiger partial charge on any atom is -0.384 e. The zero-order valence-electron chi connectivity index (χ0n) is 12.0. The standard InChI is InChI=1S/C11H14N8O2S2/c1-15-23(20,21)16-4-6-2-3-8(12)18-9(6)7-5-22-11(17-7)19-10(13)14/h2-5,15H,1H3,(H2,12,18)(H4,13,14,17,19)/b16-4+. The van der Waals surface area contributed by atoms with E-state index in [4.69, 9.17) is 17.2 Å². The van der Waals surface area contributed by atoms with Crippen LogP contribution < -0.4 is 21.9 Å². The van der Waals surface area contributed by atoms with Crippen LogP contribution in [0.2, 0.25) is 0 Å². The lowest BCUT2D eigenvalue weighted by atomic mass is 10.1. The van der Waals surface area contributed by atoms with E-state index in [1.807, 2.05) is 0 Å². The highest BCUT2D eigenvalue weighted by Crippen LogP contribution is 2.27. The van der Waals surface area contributed by atoms with Crippen LogP contribution in [0.25, 0.3) is 11.4 Å². The quantitative estimate of drug-likeness (QED) is 0.416. The molecular formula is C11H14N8O2S2. The van der Waals surface area contributed by atoms with Crippen molar-refractivity contribution in [1.29, 1.82) is 0 Å². The summed E-state index contributed by atoms with van der Waals surface area (Å²) in [5.41, 5.74) is 17.5. The molecule has 0 aromatic carbocycles. The Balaban J connectivity index is 2.48. The molecule has 12 heteroatoms. The molecule has 0 amide bonds. The summed E-state index contributed by atoms with van der Waals surface area (Å²) < 4.78 is 28.4. The molecule has 0 atom stereocenters. The summed E-state index contributed by atoms with van der Waals surface area (Å²) in [6, 6.07) is 3.12. The van der Waals surface area contributed by atoms with E-state index < -0.39 is 10.2 Å². The third kappa shape index (κ3) is 4.45. The normalized spacial score (nSPS) is 11.7. The fourth-order valence-electron chi connectivity index (χ4n) is 1.51. The first-order chi connectivity index (χ1) is 10.8. The van der Waals surface area contributed by atoms with Crippen molar-refractivity contribution in [2.24, 2.45) is 20.9 Å². The number of hydrogen-bond acceptors (Lipinski definition) is 7. The highest BCUT2D eigenvalue weighted by Gasteiger charge is 2.12. The van der Waals surface area contributed by atoms with Gasteiger partial charge in [0.2, 0.25) is 5.13 Å². The first-order valence-corrected chi connectivity index (χ1v) is 8.43. The van der Waals surface area contributed by atoms with Crippen LogP contribution in [0.5, 0.6) is 0 Å². The topological polar surface area (TPSA) is 175 Å². The average molecular weight is 354 g/mol. The minimum atomic E-state index is -3.75. The van der Waals surface area contributed by atoms with E-state index in [0.717, 1.165) is 6.21 Å². The number of nitrogens with zero attached hydrogens (tertiary/aromatic N) is 4. The summed E-state index contributed by atoms with van der Waals surface area (Å²) in [5.74, 6) is 0.137. The van der Waals surface area contributed by atoms with Gasteiger partial charge >= 0.3 is 10.2 Å². The van der Waals surface area contributed by atoms with Gasteiger partial charge in [0.25, 0.3) is 0 Å². The van der Waals surface area contributed by atoms with Gasteiger partial charge in [0, 0.05) is 18.0 Å². The van der Waals surface area contributed by atoms with Gasteiger partial charge in [0.15, 0.2) is 5.96 Å². The Labute approximate surface area is 136 Å². The summed E-state index contributed by atoms with van der Waals surface area (Å²) in [6.07, 6.45) is 1.16. The molecule has 7 N–H and O–H groups in total. The Bertz CT molecular complexity index is 868. The van der Waals surface area contributed by atoms with Gasteiger partial charge < -0.3 is 17.2 Å². The maximum Gasteiger partial charge on any atom is 0.319 e. The molecule has 122 valence electrons. The number of aliphatic imine (C=N–C) groups is 1. The van der Waals surface area contributed by atoms with E-state index in [2.05, 4.69) is 24.1 Å². The van der Waals surface area contributed by atoms with Crippen LogP contribution >= 0.6 is 11.3 Å². The van der Waals surface area contributed by atoms with Gasteiger partial charge in [-0.25, -0.2) is 9.97 Å². The third-order valence-electron chi connectivity index (χ3n) is 2.50. The van der Waals surface area contributed by atoms with E-state index in [-0.39, 0.29) is 11.8 Å². The van der Waals surface area contributed by atoms with Crippen LogP contribution in [0.4, 0.5) is 10.9 Å². The van der Waals surface area contributed by atoms with E-state index in [0.29, 0.717) is 22.1 Å². The van der Waals surface area contributed by atoms with Gasteiger partial charge in [0.05, 0.1) is 6.21 Å². The van der Waals surface area contributed by atoms with E-state index in [1.165, 1.54) is 24.5 Å². The molecule has 0 radical (unpaired) electrons. The third-order valence-corrected chi connectivity index (χ3v) is 4.13. The number of nitrogens with one attached hydrogen (secondary N) is 1. The number of nitrogen functional groups attached to an aromatic ring is 1. The Morgan fingerprint density at radius 3 is 2.74 bits per heavy atom. The smallest absolute Gasteiger partial charge is 0.319 e. The van der Waals surface area contributed by atoms with Gasteiger partial charge in [-0.3, -0.25) is 0 Å². The molecule has 0 saturated heterocycles. The zero-order valence-corrected chi connectivity index (χ0v) is 13.6. The molecule has 0 aliphatic carbocycles. The maximum atomic E-state index is 11.4. The molecule has 2 aromatic heterocycles. The van der Waals surface area contributed by atoms with Gasteiger partial charge in [0.1, 0.15) is 17.2 Å². The zero-order chi connectivity index (χ0) is 17.0. The van der Waals surface area contributed by atoms with Crippen molar-refractivity contribution in [2.75, 3.05) is 12.8 Å². The second kappa shape index (κ2) is 6.68. The van der Waals surface area contributed by atoms with E-state index in [1.54, 1.807) is 11.4 Å². The maximum absolute atomic E-state index is 11.4. The summed E-state index contributed by atoms with van der Waals surface area (Å²) in [5, 5.41) is 2.02. The number of guanidine groups is 1. The largest absolute Gasteiger partial charge is 0.384 e. The highest BCUT2D eigenvalue weighted by atomic mass is 32.2. The predicted octanol–water partition coefficient (Wildman–Crippen LogP) is -0.425. The Morgan fingerprint density at radius 1 is 1.35 bits per heavy atom. The first kappa shape index (κ1) is 16.8. The molecule has 0 aliphatic rings. The summed E-state index contributed by atoms with van der Waals surface area (Å²) in [6.45, 7) is 0. The molecule has 23 heavy (non-hydrogen) atoms. The molecule has 10 nitrogen and oxygen atoms in total. The van der Waals surface area contributed by atoms with Crippen molar-refractivity contribution in [3.8, 4) is 11.4 Å². The van der Waals surface area contributed by atoms with Crippen molar-refractivity contribution in [1.82, 2.24) is 14.7 Å². The van der Waals surface area contributed by atoms with Crippen molar-refractivity contribution >= 4 is 44.7 Å². The molecule has 2 rings (SSSR count). The molecule has 0 spiro atoms. The second-order valence-electron chi connectivity index (χ2n) is 4.14. The van der Waals surface area contributed by atoms with Crippen LogP contribution in [-0.2, 0) is 10.2 Å². The monoisotopic (exact) mass is 354 g/mol. The van der Waals surface area contributed by atoms with Crippen LogP contribution in [-0.4, -0.2) is 37.6 Å².